The van der Waals surface area contributed by atoms with Crippen molar-refractivity contribution in [2.24, 2.45) is 0 Å². The lowest BCUT2D eigenvalue weighted by Crippen LogP contribution is -2.39. The molecule has 2 heterocycles. The summed E-state index contributed by atoms with van der Waals surface area (Å²) in [4.78, 5) is 20.2. The third kappa shape index (κ3) is 3.54. The molecule has 0 radical (unpaired) electrons. The predicted molar refractivity (Wildman–Crippen MR) is 98.6 cm³/mol. The Balaban J connectivity index is 1.74. The van der Waals surface area contributed by atoms with Gasteiger partial charge in [0.25, 0.3) is 0 Å². The number of carbonyl (C=O) groups is 1. The zero-order chi connectivity index (χ0) is 17.3. The fourth-order valence-electron chi connectivity index (χ4n) is 2.22. The minimum atomic E-state index is -1.16. The van der Waals surface area contributed by atoms with Crippen molar-refractivity contribution >= 4 is 39.4 Å². The van der Waals surface area contributed by atoms with Gasteiger partial charge in [-0.25, -0.2) is 4.98 Å². The summed E-state index contributed by atoms with van der Waals surface area (Å²) in [6.45, 7) is 6.09. The Kier molecular flexibility index (Phi) is 4.78. The Morgan fingerprint density at radius 3 is 2.88 bits per heavy atom. The van der Waals surface area contributed by atoms with Crippen LogP contribution >= 0.6 is 11.3 Å². The van der Waals surface area contributed by atoms with E-state index in [-0.39, 0.29) is 10.5 Å². The van der Waals surface area contributed by atoms with Crippen LogP contribution in [-0.4, -0.2) is 25.1 Å². The van der Waals surface area contributed by atoms with Gasteiger partial charge in [0.1, 0.15) is 4.75 Å². The number of H-pyrrole nitrogens is 1. The fourth-order valence-corrected chi connectivity index (χ4v) is 3.71. The second-order valence-electron chi connectivity index (χ2n) is 6.42. The number of rotatable bonds is 5. The molecule has 0 amide bonds. The Labute approximate surface area is 147 Å². The van der Waals surface area contributed by atoms with E-state index in [4.69, 9.17) is 0 Å². The molecule has 0 spiro atoms. The van der Waals surface area contributed by atoms with E-state index in [1.165, 1.54) is 11.3 Å². The van der Waals surface area contributed by atoms with Crippen molar-refractivity contribution in [2.75, 3.05) is 0 Å². The predicted octanol–water partition coefficient (Wildman–Crippen LogP) is 3.41. The van der Waals surface area contributed by atoms with Crippen LogP contribution in [0.3, 0.4) is 0 Å². The maximum atomic E-state index is 12.7. The maximum absolute atomic E-state index is 12.7. The molecule has 2 aromatic heterocycles. The Hall–Kier alpha value is -1.67. The van der Waals surface area contributed by atoms with E-state index in [0.29, 0.717) is 17.1 Å². The number of para-hydroxylation sites is 1. The summed E-state index contributed by atoms with van der Waals surface area (Å²) in [6, 6.07) is 7.69. The largest absolute Gasteiger partial charge is 0.598 e. The summed E-state index contributed by atoms with van der Waals surface area (Å²) < 4.78 is 14.6. The quantitative estimate of drug-likeness (QED) is 0.539. The number of nitrogens with zero attached hydrogens (tertiary/aromatic N) is 1. The Morgan fingerprint density at radius 1 is 1.38 bits per heavy atom. The summed E-state index contributed by atoms with van der Waals surface area (Å²) in [7, 11) is 0. The summed E-state index contributed by atoms with van der Waals surface area (Å²) in [5.41, 5.74) is 2.28. The average Bonchev–Trinajstić information content (AvgIpc) is 3.18. The molecule has 7 heteroatoms. The molecule has 3 rings (SSSR count). The number of carbonyl (C=O) groups excluding carboxylic acids is 1. The number of ketones is 1. The van der Waals surface area contributed by atoms with Crippen LogP contribution in [0.4, 0.5) is 0 Å². The van der Waals surface area contributed by atoms with Crippen LogP contribution in [0.15, 0.2) is 35.8 Å². The van der Waals surface area contributed by atoms with Crippen LogP contribution in [0.5, 0.6) is 0 Å². The first-order valence-corrected chi connectivity index (χ1v) is 9.60. The molecule has 2 N–H and O–H groups in total. The van der Waals surface area contributed by atoms with Crippen LogP contribution < -0.4 is 4.72 Å². The van der Waals surface area contributed by atoms with Crippen LogP contribution in [-0.2, 0) is 17.9 Å². The molecule has 126 valence electrons. The number of hydrogen-bond acceptors (Lipinski definition) is 5. The zero-order valence-corrected chi connectivity index (χ0v) is 15.4. The third-order valence-electron chi connectivity index (χ3n) is 3.52. The highest BCUT2D eigenvalue weighted by Crippen LogP contribution is 2.23. The van der Waals surface area contributed by atoms with Crippen LogP contribution in [0.25, 0.3) is 10.9 Å². The van der Waals surface area contributed by atoms with E-state index in [0.717, 1.165) is 16.6 Å². The van der Waals surface area contributed by atoms with Gasteiger partial charge in [0.2, 0.25) is 5.78 Å². The number of thiazole rings is 1. The minimum Gasteiger partial charge on any atom is -0.598 e. The van der Waals surface area contributed by atoms with Gasteiger partial charge in [-0.15, -0.1) is 16.1 Å². The van der Waals surface area contributed by atoms with Crippen LogP contribution in [0.2, 0.25) is 0 Å². The summed E-state index contributed by atoms with van der Waals surface area (Å²) in [5, 5.41) is 3.17. The third-order valence-corrected chi connectivity index (χ3v) is 5.93. The normalized spacial score (nSPS) is 13.3. The molecule has 24 heavy (non-hydrogen) atoms. The summed E-state index contributed by atoms with van der Waals surface area (Å²) in [6.07, 6.45) is 1.72. The average molecular weight is 361 g/mol. The van der Waals surface area contributed by atoms with Crippen molar-refractivity contribution in [3.63, 3.8) is 0 Å². The topological polar surface area (TPSA) is 80.8 Å². The van der Waals surface area contributed by atoms with Gasteiger partial charge in [0.15, 0.2) is 5.01 Å². The minimum absolute atomic E-state index is 0.0966. The Bertz CT molecular complexity index is 864. The molecular formula is C17H19N3O2S2. The van der Waals surface area contributed by atoms with Gasteiger partial charge < -0.3 is 9.54 Å². The van der Waals surface area contributed by atoms with Crippen molar-refractivity contribution in [3.8, 4) is 0 Å². The highest BCUT2D eigenvalue weighted by Gasteiger charge is 2.26. The highest BCUT2D eigenvalue weighted by atomic mass is 32.2. The van der Waals surface area contributed by atoms with Gasteiger partial charge in [-0.05, 0) is 26.8 Å². The van der Waals surface area contributed by atoms with E-state index in [2.05, 4.69) is 14.7 Å². The molecule has 0 saturated carbocycles. The molecular weight excluding hydrogens is 342 g/mol. The lowest BCUT2D eigenvalue weighted by atomic mass is 10.1. The standard InChI is InChI=1S/C17H19N3O2S2/c1-17(2,3)24(22)19-8-11-10-23-16(20-11)15(21)13-9-18-14-7-5-4-6-12(13)14/h4-7,9-10,18-19H,8H2,1-3H3/t24-/m0/s1. The summed E-state index contributed by atoms with van der Waals surface area (Å²) in [5.74, 6) is -0.0966. The number of benzene rings is 1. The second-order valence-corrected chi connectivity index (χ2v) is 9.33. The first-order chi connectivity index (χ1) is 11.4. The van der Waals surface area contributed by atoms with Gasteiger partial charge in [0.05, 0.1) is 17.8 Å². The SMILES string of the molecule is CC(C)(C)[S@+]([O-])NCc1csc(C(=O)c2c[nH]c3ccccc23)n1. The zero-order valence-electron chi connectivity index (χ0n) is 13.8. The van der Waals surface area contributed by atoms with E-state index in [1.807, 2.05) is 50.4 Å². The number of fused-ring (bicyclic) bond motifs is 1. The molecule has 0 saturated heterocycles. The van der Waals surface area contributed by atoms with Crippen LogP contribution in [0, 0.1) is 0 Å². The Morgan fingerprint density at radius 2 is 2.12 bits per heavy atom. The monoisotopic (exact) mass is 361 g/mol. The highest BCUT2D eigenvalue weighted by molar-refractivity contribution is 7.90. The first-order valence-electron chi connectivity index (χ1n) is 7.57. The maximum Gasteiger partial charge on any atom is 0.223 e. The van der Waals surface area contributed by atoms with Crippen molar-refractivity contribution in [1.82, 2.24) is 14.7 Å². The lowest BCUT2D eigenvalue weighted by Gasteiger charge is -2.23. The van der Waals surface area contributed by atoms with Crippen LogP contribution in [0.1, 0.15) is 41.8 Å². The molecule has 0 aliphatic carbocycles. The number of hydrogen-bond donors (Lipinski definition) is 2. The first kappa shape index (κ1) is 17.2. The smallest absolute Gasteiger partial charge is 0.223 e. The van der Waals surface area contributed by atoms with E-state index in [9.17, 15) is 9.35 Å². The van der Waals surface area contributed by atoms with Crippen molar-refractivity contribution < 1.29 is 9.35 Å². The van der Waals surface area contributed by atoms with Crippen molar-refractivity contribution in [1.29, 1.82) is 0 Å². The molecule has 5 nitrogen and oxygen atoms in total. The lowest BCUT2D eigenvalue weighted by molar-refractivity contribution is 0.104. The molecule has 0 fully saturated rings. The van der Waals surface area contributed by atoms with E-state index in [1.54, 1.807) is 6.20 Å². The van der Waals surface area contributed by atoms with Crippen molar-refractivity contribution in [2.45, 2.75) is 32.1 Å². The molecule has 0 aliphatic rings. The van der Waals surface area contributed by atoms with Gasteiger partial charge in [0, 0.05) is 33.8 Å². The molecule has 3 aromatic rings. The van der Waals surface area contributed by atoms with E-state index < -0.39 is 11.4 Å². The molecule has 1 atom stereocenters. The summed E-state index contributed by atoms with van der Waals surface area (Å²) >= 11 is 0.147. The van der Waals surface area contributed by atoms with E-state index >= 15 is 0 Å². The number of aromatic nitrogens is 2. The van der Waals surface area contributed by atoms with Gasteiger partial charge in [-0.2, -0.15) is 0 Å². The van der Waals surface area contributed by atoms with Gasteiger partial charge in [-0.1, -0.05) is 18.2 Å². The van der Waals surface area contributed by atoms with Crippen molar-refractivity contribution in [3.05, 3.63) is 52.1 Å². The fraction of sp³-hybridized carbons (Fsp3) is 0.294. The van der Waals surface area contributed by atoms with Gasteiger partial charge >= 0.3 is 0 Å². The molecule has 1 aromatic carbocycles. The molecule has 0 aliphatic heterocycles. The number of nitrogens with one attached hydrogen (secondary N) is 2. The van der Waals surface area contributed by atoms with Gasteiger partial charge in [-0.3, -0.25) is 4.79 Å². The molecule has 0 bridgehead atoms. The second kappa shape index (κ2) is 6.68. The number of aromatic amines is 1. The molecule has 0 unspecified atom stereocenters.